The summed E-state index contributed by atoms with van der Waals surface area (Å²) in [5.74, 6) is -2.06. The van der Waals surface area contributed by atoms with E-state index in [1.165, 1.54) is 0 Å². The average Bonchev–Trinajstić information content (AvgIpc) is 2.68. The van der Waals surface area contributed by atoms with Crippen LogP contribution in [-0.4, -0.2) is 17.8 Å². The smallest absolute Gasteiger partial charge is 0.317 e. The van der Waals surface area contributed by atoms with Gasteiger partial charge in [-0.15, -0.1) is 0 Å². The van der Waals surface area contributed by atoms with Gasteiger partial charge in [0.25, 0.3) is 0 Å². The lowest BCUT2D eigenvalue weighted by molar-refractivity contribution is -0.153. The molecule has 1 fully saturated rings. The number of nitrogens with one attached hydrogen (secondary N) is 1. The van der Waals surface area contributed by atoms with Gasteiger partial charge < -0.3 is 10.1 Å². The first-order valence-electron chi connectivity index (χ1n) is 6.15. The van der Waals surface area contributed by atoms with Gasteiger partial charge in [-0.2, -0.15) is 0 Å². The Kier molecular flexibility index (Phi) is 3.94. The second-order valence-corrected chi connectivity index (χ2v) is 4.60. The van der Waals surface area contributed by atoms with Gasteiger partial charge in [0.2, 0.25) is 5.91 Å². The van der Waals surface area contributed by atoms with Crippen LogP contribution in [0.3, 0.4) is 0 Å². The van der Waals surface area contributed by atoms with Crippen LogP contribution in [0.25, 0.3) is 0 Å². The van der Waals surface area contributed by atoms with Gasteiger partial charge in [-0.25, -0.2) is 0 Å². The molecule has 1 aromatic carbocycles. The van der Waals surface area contributed by atoms with Crippen LogP contribution in [0.4, 0.5) is 0 Å². The first kappa shape index (κ1) is 13.3. The van der Waals surface area contributed by atoms with Crippen molar-refractivity contribution in [2.24, 2.45) is 5.92 Å². The number of cyclic esters (lactones) is 2. The predicted molar refractivity (Wildman–Crippen MR) is 66.8 cm³/mol. The van der Waals surface area contributed by atoms with E-state index >= 15 is 0 Å². The summed E-state index contributed by atoms with van der Waals surface area (Å²) < 4.78 is 4.41. The molecule has 1 aromatic rings. The third-order valence-electron chi connectivity index (χ3n) is 3.07. The van der Waals surface area contributed by atoms with E-state index in [-0.39, 0.29) is 24.8 Å². The number of carbonyl (C=O) groups is 3. The predicted octanol–water partition coefficient (Wildman–Crippen LogP) is 1.34. The van der Waals surface area contributed by atoms with E-state index < -0.39 is 17.9 Å². The molecular weight excluding hydrogens is 246 g/mol. The highest BCUT2D eigenvalue weighted by molar-refractivity contribution is 5.96. The van der Waals surface area contributed by atoms with Crippen LogP contribution in [0.15, 0.2) is 30.3 Å². The van der Waals surface area contributed by atoms with E-state index in [4.69, 9.17) is 0 Å². The fraction of sp³-hybridized carbons (Fsp3) is 0.357. The van der Waals surface area contributed by atoms with E-state index in [0.717, 1.165) is 5.56 Å². The molecule has 1 saturated heterocycles. The molecule has 0 radical (unpaired) electrons. The summed E-state index contributed by atoms with van der Waals surface area (Å²) in [6.45, 7) is 1.87. The second kappa shape index (κ2) is 5.65. The molecule has 0 unspecified atom stereocenters. The summed E-state index contributed by atoms with van der Waals surface area (Å²) in [6.07, 6.45) is -0.0201. The Balaban J connectivity index is 1.88. The number of esters is 2. The Morgan fingerprint density at radius 1 is 1.37 bits per heavy atom. The Bertz CT molecular complexity index is 497. The number of rotatable bonds is 4. The molecule has 1 amide bonds. The molecule has 100 valence electrons. The lowest BCUT2D eigenvalue weighted by Crippen LogP contribution is -2.29. The largest absolute Gasteiger partial charge is 0.393 e. The summed E-state index contributed by atoms with van der Waals surface area (Å²) >= 11 is 0. The highest BCUT2D eigenvalue weighted by atomic mass is 16.6. The molecule has 0 aliphatic carbocycles. The Morgan fingerprint density at radius 3 is 2.63 bits per heavy atom. The van der Waals surface area contributed by atoms with Crippen molar-refractivity contribution in [1.29, 1.82) is 0 Å². The first-order valence-corrected chi connectivity index (χ1v) is 6.15. The van der Waals surface area contributed by atoms with Gasteiger partial charge in [0.1, 0.15) is 0 Å². The fourth-order valence-corrected chi connectivity index (χ4v) is 2.03. The first-order chi connectivity index (χ1) is 9.06. The molecule has 1 aliphatic rings. The highest BCUT2D eigenvalue weighted by Gasteiger charge is 2.35. The van der Waals surface area contributed by atoms with Crippen LogP contribution in [-0.2, 0) is 19.1 Å². The maximum absolute atomic E-state index is 11.8. The van der Waals surface area contributed by atoms with Gasteiger partial charge >= 0.3 is 11.9 Å². The molecule has 0 spiro atoms. The van der Waals surface area contributed by atoms with Crippen LogP contribution >= 0.6 is 0 Å². The molecule has 19 heavy (non-hydrogen) atoms. The SMILES string of the molecule is C[C@@H](NC(=O)C[C@@H]1CC(=O)OC1=O)c1ccccc1. The Hall–Kier alpha value is -2.17. The van der Waals surface area contributed by atoms with Crippen LogP contribution in [0.1, 0.15) is 31.4 Å². The molecule has 1 N–H and O–H groups in total. The molecule has 2 atom stereocenters. The summed E-state index contributed by atoms with van der Waals surface area (Å²) in [7, 11) is 0. The quantitative estimate of drug-likeness (QED) is 0.656. The lowest BCUT2D eigenvalue weighted by atomic mass is 10.0. The number of carbonyl (C=O) groups excluding carboxylic acids is 3. The molecule has 5 heteroatoms. The minimum absolute atomic E-state index is 0.00797. The number of benzene rings is 1. The zero-order valence-electron chi connectivity index (χ0n) is 10.6. The van der Waals surface area contributed by atoms with Crippen LogP contribution < -0.4 is 5.32 Å². The number of ether oxygens (including phenoxy) is 1. The van der Waals surface area contributed by atoms with E-state index in [2.05, 4.69) is 10.1 Å². The number of hydrogen-bond donors (Lipinski definition) is 1. The third-order valence-corrected chi connectivity index (χ3v) is 3.07. The van der Waals surface area contributed by atoms with Crippen molar-refractivity contribution in [3.8, 4) is 0 Å². The van der Waals surface area contributed by atoms with Crippen molar-refractivity contribution >= 4 is 17.8 Å². The summed E-state index contributed by atoms with van der Waals surface area (Å²) in [6, 6.07) is 9.38. The third kappa shape index (κ3) is 3.40. The van der Waals surface area contributed by atoms with E-state index in [1.54, 1.807) is 0 Å². The summed E-state index contributed by atoms with van der Waals surface area (Å²) in [5.41, 5.74) is 0.987. The van der Waals surface area contributed by atoms with Gasteiger partial charge in [0.05, 0.1) is 18.4 Å². The number of amides is 1. The summed E-state index contributed by atoms with van der Waals surface area (Å²) in [4.78, 5) is 34.0. The average molecular weight is 261 g/mol. The normalized spacial score (nSPS) is 19.9. The molecule has 0 bridgehead atoms. The molecule has 0 aromatic heterocycles. The molecular formula is C14H15NO4. The van der Waals surface area contributed by atoms with Gasteiger partial charge in [0, 0.05) is 6.42 Å². The Labute approximate surface area is 110 Å². The molecule has 1 heterocycles. The van der Waals surface area contributed by atoms with Crippen molar-refractivity contribution in [1.82, 2.24) is 5.32 Å². The van der Waals surface area contributed by atoms with Crippen molar-refractivity contribution < 1.29 is 19.1 Å². The topological polar surface area (TPSA) is 72.5 Å². The van der Waals surface area contributed by atoms with E-state index in [1.807, 2.05) is 37.3 Å². The number of hydrogen-bond acceptors (Lipinski definition) is 4. The maximum Gasteiger partial charge on any atom is 0.317 e. The zero-order valence-corrected chi connectivity index (χ0v) is 10.6. The van der Waals surface area contributed by atoms with Crippen LogP contribution in [0.5, 0.6) is 0 Å². The second-order valence-electron chi connectivity index (χ2n) is 4.60. The lowest BCUT2D eigenvalue weighted by Gasteiger charge is -2.14. The summed E-state index contributed by atoms with van der Waals surface area (Å²) in [5, 5.41) is 2.80. The fourth-order valence-electron chi connectivity index (χ4n) is 2.03. The molecule has 0 saturated carbocycles. The van der Waals surface area contributed by atoms with Gasteiger partial charge in [-0.05, 0) is 12.5 Å². The van der Waals surface area contributed by atoms with E-state index in [9.17, 15) is 14.4 Å². The van der Waals surface area contributed by atoms with Crippen molar-refractivity contribution in [2.45, 2.75) is 25.8 Å². The van der Waals surface area contributed by atoms with Gasteiger partial charge in [-0.3, -0.25) is 14.4 Å². The van der Waals surface area contributed by atoms with E-state index in [0.29, 0.717) is 0 Å². The minimum Gasteiger partial charge on any atom is -0.393 e. The van der Waals surface area contributed by atoms with Crippen molar-refractivity contribution in [3.05, 3.63) is 35.9 Å². The highest BCUT2D eigenvalue weighted by Crippen LogP contribution is 2.20. The molecule has 2 rings (SSSR count). The van der Waals surface area contributed by atoms with Crippen LogP contribution in [0, 0.1) is 5.92 Å². The zero-order chi connectivity index (χ0) is 13.8. The van der Waals surface area contributed by atoms with Crippen LogP contribution in [0.2, 0.25) is 0 Å². The standard InChI is InChI=1S/C14H15NO4/c1-9(10-5-3-2-4-6-10)15-12(16)7-11-8-13(17)19-14(11)18/h2-6,9,11H,7-8H2,1H3,(H,15,16)/t9-,11-/m1/s1. The van der Waals surface area contributed by atoms with Crippen molar-refractivity contribution in [3.63, 3.8) is 0 Å². The minimum atomic E-state index is -0.643. The van der Waals surface area contributed by atoms with Gasteiger partial charge in [-0.1, -0.05) is 30.3 Å². The monoisotopic (exact) mass is 261 g/mol. The van der Waals surface area contributed by atoms with Crippen molar-refractivity contribution in [2.75, 3.05) is 0 Å². The molecule has 5 nitrogen and oxygen atoms in total. The molecule has 1 aliphatic heterocycles. The van der Waals surface area contributed by atoms with Gasteiger partial charge in [0.15, 0.2) is 0 Å². The maximum atomic E-state index is 11.8. The Morgan fingerprint density at radius 2 is 2.05 bits per heavy atom.